The normalized spacial score (nSPS) is 14.3. The molecule has 12 aromatic carbocycles. The van der Waals surface area contributed by atoms with Crippen molar-refractivity contribution in [2.45, 2.75) is 38.5 Å². The van der Waals surface area contributed by atoms with Crippen molar-refractivity contribution in [3.63, 3.8) is 0 Å². The second-order valence-electron chi connectivity index (χ2n) is 26.1. The van der Waals surface area contributed by atoms with Crippen LogP contribution in [0.5, 0.6) is 0 Å². The van der Waals surface area contributed by atoms with Crippen LogP contribution in [0.25, 0.3) is 95.0 Å². The molecule has 2 aliphatic rings. The van der Waals surface area contributed by atoms with Crippen LogP contribution in [-0.4, -0.2) is 34.9 Å². The number of fused-ring (bicyclic) bond motifs is 22. The van der Waals surface area contributed by atoms with Gasteiger partial charge in [0.15, 0.2) is 0 Å². The molecule has 98 heavy (non-hydrogen) atoms. The molecule has 20 rings (SSSR count). The molecule has 480 valence electrons. The summed E-state index contributed by atoms with van der Waals surface area (Å²) in [6.45, 7) is 9.68. The molecule has 2 atom stereocenters. The van der Waals surface area contributed by atoms with Gasteiger partial charge in [-0.1, -0.05) is 160 Å². The number of para-hydroxylation sites is 4. The summed E-state index contributed by atoms with van der Waals surface area (Å²) < 4.78 is 42.7. The molecule has 14 heteroatoms. The minimum Gasteiger partial charge on any atom is -0.359 e. The number of hydrogen-bond acceptors (Lipinski definition) is 6. The summed E-state index contributed by atoms with van der Waals surface area (Å²) in [5.41, 5.74) is 11.4. The van der Waals surface area contributed by atoms with Crippen molar-refractivity contribution in [1.29, 1.82) is 0 Å². The summed E-state index contributed by atoms with van der Waals surface area (Å²) in [7, 11) is -4.19. The zero-order valence-corrected chi connectivity index (χ0v) is 61.3. The van der Waals surface area contributed by atoms with E-state index in [1.165, 1.54) is 61.1 Å². The Hall–Kier alpha value is -9.23. The molecule has 8 heterocycles. The number of pyridine rings is 2. The van der Waals surface area contributed by atoms with Gasteiger partial charge < -0.3 is 18.6 Å². The third-order valence-electron chi connectivity index (χ3n) is 20.0. The van der Waals surface area contributed by atoms with Crippen LogP contribution >= 0.6 is 22.7 Å². The molecule has 0 bridgehead atoms. The van der Waals surface area contributed by atoms with Crippen LogP contribution in [0.15, 0.2) is 243 Å². The van der Waals surface area contributed by atoms with E-state index in [1.807, 2.05) is 132 Å². The fraction of sp³-hybridized carbons (Fsp3) is 0.0714. The molecular weight excluding hydrogens is 1640 g/mol. The molecule has 0 N–H and O–H groups in total. The first kappa shape index (κ1) is 62.3. The molecule has 2 aliphatic heterocycles. The van der Waals surface area contributed by atoms with Gasteiger partial charge in [0.25, 0.3) is 0 Å². The number of rotatable bonds is 6. The van der Waals surface area contributed by atoms with Crippen molar-refractivity contribution in [2.24, 2.45) is 0 Å². The molecule has 2 unspecified atom stereocenters. The summed E-state index contributed by atoms with van der Waals surface area (Å²) in [4.78, 5) is 13.8. The summed E-state index contributed by atoms with van der Waals surface area (Å²) in [6.07, 6.45) is 4.62. The maximum Gasteiger partial charge on any atom is 0.111 e. The Morgan fingerprint density at radius 3 is 1.32 bits per heavy atom. The predicted octanol–water partition coefficient (Wildman–Crippen LogP) is 20.1. The van der Waals surface area contributed by atoms with Crippen LogP contribution in [0.1, 0.15) is 34.6 Å². The van der Waals surface area contributed by atoms with Crippen molar-refractivity contribution in [3.8, 4) is 0 Å². The van der Waals surface area contributed by atoms with Crippen molar-refractivity contribution < 1.29 is 50.9 Å². The number of imidazole rings is 2. The first-order chi connectivity index (χ1) is 46.9. The van der Waals surface area contributed by atoms with Gasteiger partial charge in [0.1, 0.15) is 12.3 Å². The van der Waals surface area contributed by atoms with Crippen LogP contribution in [0, 0.1) is 36.4 Å². The maximum absolute atomic E-state index is 16.7. The van der Waals surface area contributed by atoms with Crippen molar-refractivity contribution in [1.82, 2.24) is 18.8 Å². The first-order valence-corrected chi connectivity index (χ1v) is 39.8. The third-order valence-corrected chi connectivity index (χ3v) is 29.3. The van der Waals surface area contributed by atoms with Crippen LogP contribution in [-0.2, 0) is 42.1 Å². The van der Waals surface area contributed by atoms with Gasteiger partial charge in [-0.2, -0.15) is 84.9 Å². The Kier molecular flexibility index (Phi) is 15.1. The average molecular weight is 1700 g/mol. The zero-order valence-electron chi connectivity index (χ0n) is 53.1. The Morgan fingerprint density at radius 2 is 0.806 bits per heavy atom. The van der Waals surface area contributed by atoms with Gasteiger partial charge in [-0.15, -0.1) is 92.7 Å². The van der Waals surface area contributed by atoms with E-state index in [9.17, 15) is 0 Å². The number of halogens is 2. The number of hydrogen-bond donors (Lipinski definition) is 0. The zero-order chi connectivity index (χ0) is 64.3. The number of nitrogens with zero attached hydrogens (tertiary/aromatic N) is 6. The van der Waals surface area contributed by atoms with Gasteiger partial charge in [-0.05, 0) is 63.6 Å². The molecule has 0 spiro atoms. The van der Waals surface area contributed by atoms with Crippen LogP contribution in [0.4, 0.5) is 42.9 Å². The molecule has 0 saturated heterocycles. The topological polar surface area (TPSA) is 41.1 Å². The summed E-state index contributed by atoms with van der Waals surface area (Å²) in [5.74, 6) is 0. The van der Waals surface area contributed by atoms with E-state index in [0.29, 0.717) is 22.3 Å². The molecule has 0 amide bonds. The van der Waals surface area contributed by atoms with E-state index >= 15 is 8.78 Å². The first-order valence-electron chi connectivity index (χ1n) is 32.2. The summed E-state index contributed by atoms with van der Waals surface area (Å²) >= 11 is 3.67. The monoisotopic (exact) mass is 1690 g/mol. The fourth-order valence-electron chi connectivity index (χ4n) is 15.3. The van der Waals surface area contributed by atoms with E-state index in [2.05, 4.69) is 212 Å². The maximum atomic E-state index is 16.7. The Morgan fingerprint density at radius 1 is 0.378 bits per heavy atom. The van der Waals surface area contributed by atoms with Crippen LogP contribution in [0.2, 0.25) is 26.2 Å². The molecular formula is C84H54F2N6Pt2S2Si2-6. The second-order valence-corrected chi connectivity index (χ2v) is 36.9. The van der Waals surface area contributed by atoms with E-state index in [1.54, 1.807) is 12.4 Å². The molecule has 6 aromatic heterocycles. The van der Waals surface area contributed by atoms with Gasteiger partial charge in [0, 0.05) is 130 Å². The van der Waals surface area contributed by atoms with E-state index in [0.717, 1.165) is 88.8 Å². The number of anilines is 6. The minimum absolute atomic E-state index is 0. The molecule has 0 saturated carbocycles. The molecule has 0 radical (unpaired) electrons. The Balaban J connectivity index is 0.000000144. The molecule has 6 nitrogen and oxygen atoms in total. The Bertz CT molecular complexity index is 6290. The molecule has 18 aromatic rings. The summed E-state index contributed by atoms with van der Waals surface area (Å²) in [6, 6.07) is 96.2. The van der Waals surface area contributed by atoms with E-state index in [-0.39, 0.29) is 42.1 Å². The summed E-state index contributed by atoms with van der Waals surface area (Å²) in [5, 5.41) is 16.2. The van der Waals surface area contributed by atoms with Crippen molar-refractivity contribution in [3.05, 3.63) is 302 Å². The number of alkyl halides is 2. The molecule has 0 fully saturated rings. The van der Waals surface area contributed by atoms with Crippen molar-refractivity contribution in [2.75, 3.05) is 9.80 Å². The van der Waals surface area contributed by atoms with Gasteiger partial charge in [-0.3, -0.25) is 9.97 Å². The second kappa shape index (κ2) is 23.8. The van der Waals surface area contributed by atoms with Crippen molar-refractivity contribution >= 4 is 189 Å². The van der Waals surface area contributed by atoms with E-state index in [4.69, 9.17) is 0 Å². The third kappa shape index (κ3) is 9.53. The largest absolute Gasteiger partial charge is 0.359 e. The van der Waals surface area contributed by atoms with Gasteiger partial charge in [0.05, 0.1) is 27.4 Å². The smallest absolute Gasteiger partial charge is 0.111 e. The SMILES string of the molecule is C[Si]1(C)c2ccc[c-]c2N(c2[c-]c(C(F)c3[c-]c4c(cc3)c3ccccc3n3ccnc43)ccc2)c2cc3c(cc21)sc1ccccc13.C[Si]1(C)c2ccc[c-]c2N(c2[c-]c(C(F)c3[c-]c4c(cc3)c3ccccc3n3ccnc43)ccc2)c2cc3sc4ccccc4c3cc21.[Pt].[Pt]. The number of benzene rings is 12. The van der Waals surface area contributed by atoms with Crippen LogP contribution < -0.4 is 30.5 Å². The van der Waals surface area contributed by atoms with Gasteiger partial charge >= 0.3 is 0 Å². The number of aromatic nitrogens is 4. The average Bonchev–Trinajstić information content (AvgIpc) is 1.05. The molecule has 0 aliphatic carbocycles. The quantitative estimate of drug-likeness (QED) is 0.0945. The van der Waals surface area contributed by atoms with E-state index < -0.39 is 28.5 Å². The van der Waals surface area contributed by atoms with Gasteiger partial charge in [-0.25, -0.2) is 8.78 Å². The fourth-order valence-corrected chi connectivity index (χ4v) is 23.5. The van der Waals surface area contributed by atoms with Crippen LogP contribution in [0.3, 0.4) is 0 Å². The predicted molar refractivity (Wildman–Crippen MR) is 401 cm³/mol. The number of thiophene rings is 2. The van der Waals surface area contributed by atoms with Gasteiger partial charge in [0.2, 0.25) is 0 Å². The standard InChI is InChI=1S/2C42H27FN3SSi.2Pt/c1-48(2)39-17-8-6-15-35(39)46(36-25-38-32(24-40(36)48)31-13-4-7-16-37(31)47-38)28-11-9-10-26(22-28)41(43)27-18-19-29-30-12-3-5-14-34(30)45-21-20-44-42(45)33(29)23-27;1-48(2)39-17-8-6-15-35(39)46(36-24-32-31-13-4-7-16-37(31)47-38(32)25-40(36)48)28-11-9-10-26(22-28)41(43)27-18-19-29-30-12-3-5-14-34(30)45-21-20-44-42(45)33(29)23-27;;/h2*3-14,16-21,24-25,41H,1-2H3;;/q2*-3;;. The minimum atomic E-state index is -2.10. The Labute approximate surface area is 603 Å².